The van der Waals surface area contributed by atoms with Crippen LogP contribution in [0.3, 0.4) is 0 Å². The van der Waals surface area contributed by atoms with Crippen molar-refractivity contribution in [3.63, 3.8) is 0 Å². The maximum Gasteiger partial charge on any atom is 0.230 e. The van der Waals surface area contributed by atoms with Crippen LogP contribution in [0.2, 0.25) is 0 Å². The Hall–Kier alpha value is -1.46. The Kier molecular flexibility index (Phi) is 9.02. The van der Waals surface area contributed by atoms with E-state index in [4.69, 9.17) is 15.2 Å². The minimum atomic E-state index is -0.475. The Balaban J connectivity index is 0.00000484. The van der Waals surface area contributed by atoms with Crippen LogP contribution in [0.1, 0.15) is 32.3 Å². The van der Waals surface area contributed by atoms with E-state index in [2.05, 4.69) is 0 Å². The number of rotatable bonds is 8. The molecule has 0 aliphatic carbocycles. The highest BCUT2D eigenvalue weighted by molar-refractivity contribution is 5.85. The normalized spacial score (nSPS) is 10.7. The van der Waals surface area contributed by atoms with E-state index in [9.17, 15) is 4.79 Å². The second-order valence-corrected chi connectivity index (χ2v) is 5.57. The average Bonchev–Trinajstić information content (AvgIpc) is 2.56. The van der Waals surface area contributed by atoms with Crippen molar-refractivity contribution in [3.05, 3.63) is 23.8 Å². The molecule has 2 N–H and O–H groups in total. The third kappa shape index (κ3) is 5.01. The summed E-state index contributed by atoms with van der Waals surface area (Å²) in [6.07, 6.45) is 1.48. The number of hydrogen-bond donors (Lipinski definition) is 1. The van der Waals surface area contributed by atoms with E-state index in [0.717, 1.165) is 18.4 Å². The van der Waals surface area contributed by atoms with Gasteiger partial charge in [0.15, 0.2) is 0 Å². The molecule has 1 aromatic carbocycles. The third-order valence-corrected chi connectivity index (χ3v) is 4.38. The van der Waals surface area contributed by atoms with Gasteiger partial charge in [-0.05, 0) is 30.5 Å². The summed E-state index contributed by atoms with van der Waals surface area (Å²) in [5.74, 6) is 1.51. The lowest BCUT2D eigenvalue weighted by atomic mass is 9.81. The molecule has 0 heterocycles. The zero-order chi connectivity index (χ0) is 16.8. The van der Waals surface area contributed by atoms with Crippen LogP contribution in [0.15, 0.2) is 18.2 Å². The summed E-state index contributed by atoms with van der Waals surface area (Å²) >= 11 is 0. The fourth-order valence-electron chi connectivity index (χ4n) is 2.64. The van der Waals surface area contributed by atoms with Crippen LogP contribution in [0.4, 0.5) is 0 Å². The minimum absolute atomic E-state index is 0. The van der Waals surface area contributed by atoms with Gasteiger partial charge in [-0.25, -0.2) is 0 Å². The van der Waals surface area contributed by atoms with Crippen LogP contribution >= 0.6 is 12.4 Å². The summed E-state index contributed by atoms with van der Waals surface area (Å²) in [6, 6.07) is 5.64. The van der Waals surface area contributed by atoms with Gasteiger partial charge in [0, 0.05) is 26.2 Å². The minimum Gasteiger partial charge on any atom is -0.497 e. The summed E-state index contributed by atoms with van der Waals surface area (Å²) in [6.45, 7) is 4.88. The molecular formula is C17H29ClN2O3. The molecule has 23 heavy (non-hydrogen) atoms. The number of nitrogens with zero attached hydrogens (tertiary/aromatic N) is 1. The highest BCUT2D eigenvalue weighted by atomic mass is 35.5. The Morgan fingerprint density at radius 3 is 1.96 bits per heavy atom. The topological polar surface area (TPSA) is 64.8 Å². The molecule has 0 bridgehead atoms. The van der Waals surface area contributed by atoms with Gasteiger partial charge in [-0.15, -0.1) is 12.4 Å². The Morgan fingerprint density at radius 2 is 1.61 bits per heavy atom. The number of carbonyl (C=O) groups is 1. The number of halogens is 1. The van der Waals surface area contributed by atoms with Crippen molar-refractivity contribution in [1.82, 2.24) is 4.90 Å². The Bertz CT molecular complexity index is 474. The van der Waals surface area contributed by atoms with Gasteiger partial charge in [-0.1, -0.05) is 13.8 Å². The number of hydrogen-bond acceptors (Lipinski definition) is 4. The fourth-order valence-corrected chi connectivity index (χ4v) is 2.64. The summed E-state index contributed by atoms with van der Waals surface area (Å²) < 4.78 is 10.5. The first-order chi connectivity index (χ1) is 10.5. The van der Waals surface area contributed by atoms with Crippen molar-refractivity contribution in [2.24, 2.45) is 11.1 Å². The Morgan fingerprint density at radius 1 is 1.13 bits per heavy atom. The SMILES string of the molecule is CCC(CC)(CN)C(=O)N(C)Cc1cc(OC)cc(OC)c1.Cl. The van der Waals surface area contributed by atoms with E-state index in [-0.39, 0.29) is 18.3 Å². The number of benzene rings is 1. The molecule has 0 saturated heterocycles. The monoisotopic (exact) mass is 344 g/mol. The summed E-state index contributed by atoms with van der Waals surface area (Å²) in [5.41, 5.74) is 6.35. The number of methoxy groups -OCH3 is 2. The maximum atomic E-state index is 12.8. The molecule has 0 aromatic heterocycles. The quantitative estimate of drug-likeness (QED) is 0.787. The second-order valence-electron chi connectivity index (χ2n) is 5.57. The van der Waals surface area contributed by atoms with Crippen LogP contribution in [0.5, 0.6) is 11.5 Å². The lowest BCUT2D eigenvalue weighted by Crippen LogP contribution is -2.45. The highest BCUT2D eigenvalue weighted by Crippen LogP contribution is 2.29. The summed E-state index contributed by atoms with van der Waals surface area (Å²) in [4.78, 5) is 14.5. The number of amides is 1. The molecule has 1 amide bonds. The molecule has 5 nitrogen and oxygen atoms in total. The number of ether oxygens (including phenoxy) is 2. The molecule has 0 unspecified atom stereocenters. The fraction of sp³-hybridized carbons (Fsp3) is 0.588. The molecule has 0 atom stereocenters. The van der Waals surface area contributed by atoms with E-state index < -0.39 is 5.41 Å². The predicted octanol–water partition coefficient (Wildman–Crippen LogP) is 2.85. The largest absolute Gasteiger partial charge is 0.497 e. The molecule has 0 spiro atoms. The maximum absolute atomic E-state index is 12.8. The van der Waals surface area contributed by atoms with Crippen LogP contribution < -0.4 is 15.2 Å². The highest BCUT2D eigenvalue weighted by Gasteiger charge is 2.35. The molecule has 0 aliphatic heterocycles. The smallest absolute Gasteiger partial charge is 0.230 e. The van der Waals surface area contributed by atoms with Crippen molar-refractivity contribution in [3.8, 4) is 11.5 Å². The number of carbonyl (C=O) groups excluding carboxylic acids is 1. The van der Waals surface area contributed by atoms with E-state index in [0.29, 0.717) is 24.6 Å². The Labute approximate surface area is 145 Å². The van der Waals surface area contributed by atoms with Gasteiger partial charge in [-0.2, -0.15) is 0 Å². The molecule has 132 valence electrons. The summed E-state index contributed by atoms with van der Waals surface area (Å²) in [5, 5.41) is 0. The first-order valence-corrected chi connectivity index (χ1v) is 7.63. The van der Waals surface area contributed by atoms with Crippen LogP contribution in [0.25, 0.3) is 0 Å². The molecule has 0 saturated carbocycles. The van der Waals surface area contributed by atoms with Crippen molar-refractivity contribution in [2.75, 3.05) is 27.8 Å². The van der Waals surface area contributed by atoms with Crippen LogP contribution in [-0.2, 0) is 11.3 Å². The lowest BCUT2D eigenvalue weighted by molar-refractivity contribution is -0.141. The van der Waals surface area contributed by atoms with Crippen LogP contribution in [0, 0.1) is 5.41 Å². The van der Waals surface area contributed by atoms with Crippen LogP contribution in [-0.4, -0.2) is 38.6 Å². The van der Waals surface area contributed by atoms with Gasteiger partial charge >= 0.3 is 0 Å². The van der Waals surface area contributed by atoms with Gasteiger partial charge in [0.05, 0.1) is 19.6 Å². The molecule has 6 heteroatoms. The van der Waals surface area contributed by atoms with E-state index >= 15 is 0 Å². The van der Waals surface area contributed by atoms with Crippen molar-refractivity contribution in [1.29, 1.82) is 0 Å². The van der Waals surface area contributed by atoms with E-state index in [1.54, 1.807) is 19.1 Å². The third-order valence-electron chi connectivity index (χ3n) is 4.38. The predicted molar refractivity (Wildman–Crippen MR) is 95.3 cm³/mol. The van der Waals surface area contributed by atoms with Gasteiger partial charge in [0.1, 0.15) is 11.5 Å². The van der Waals surface area contributed by atoms with Gasteiger partial charge in [0.25, 0.3) is 0 Å². The van der Waals surface area contributed by atoms with Crippen molar-refractivity contribution < 1.29 is 14.3 Å². The molecule has 1 aromatic rings. The molecule has 1 rings (SSSR count). The molecular weight excluding hydrogens is 316 g/mol. The lowest BCUT2D eigenvalue weighted by Gasteiger charge is -2.33. The van der Waals surface area contributed by atoms with Crippen molar-refractivity contribution in [2.45, 2.75) is 33.2 Å². The first-order valence-electron chi connectivity index (χ1n) is 7.63. The zero-order valence-electron chi connectivity index (χ0n) is 14.7. The molecule has 0 aliphatic rings. The number of nitrogens with two attached hydrogens (primary N) is 1. The average molecular weight is 345 g/mol. The second kappa shape index (κ2) is 9.63. The zero-order valence-corrected chi connectivity index (χ0v) is 15.5. The van der Waals surface area contributed by atoms with Gasteiger partial charge in [-0.3, -0.25) is 4.79 Å². The first kappa shape index (κ1) is 21.5. The summed E-state index contributed by atoms with van der Waals surface area (Å²) in [7, 11) is 5.03. The van der Waals surface area contributed by atoms with Crippen molar-refractivity contribution >= 4 is 18.3 Å². The molecule has 0 radical (unpaired) electrons. The van der Waals surface area contributed by atoms with E-state index in [1.165, 1.54) is 0 Å². The standard InChI is InChI=1S/C17H28N2O3.ClH/c1-6-17(7-2,12-18)16(20)19(3)11-13-8-14(21-4)10-15(9-13)22-5;/h8-10H,6-7,11-12,18H2,1-5H3;1H. The molecule has 0 fully saturated rings. The van der Waals surface area contributed by atoms with E-state index in [1.807, 2.05) is 39.1 Å². The van der Waals surface area contributed by atoms with Gasteiger partial charge in [0.2, 0.25) is 5.91 Å². The van der Waals surface area contributed by atoms with Gasteiger partial charge < -0.3 is 20.1 Å².